The first-order valence-electron chi connectivity index (χ1n) is 7.42. The molecule has 3 rings (SSSR count). The lowest BCUT2D eigenvalue weighted by Crippen LogP contribution is -2.29. The van der Waals surface area contributed by atoms with Gasteiger partial charge in [-0.2, -0.15) is 0 Å². The van der Waals surface area contributed by atoms with Crippen LogP contribution in [0.1, 0.15) is 10.6 Å². The Morgan fingerprint density at radius 2 is 1.83 bits per heavy atom. The monoisotopic (exact) mass is 326 g/mol. The summed E-state index contributed by atoms with van der Waals surface area (Å²) in [5.74, 6) is -0.234. The van der Waals surface area contributed by atoms with Crippen LogP contribution in [-0.2, 0) is 22.6 Å². The molecule has 2 aromatic carbocycles. The minimum Gasteiger partial charge on any atom is -0.468 e. The highest BCUT2D eigenvalue weighted by Crippen LogP contribution is 2.23. The minimum atomic E-state index is -0.234. The van der Waals surface area contributed by atoms with Gasteiger partial charge in [-0.1, -0.05) is 42.5 Å². The maximum atomic E-state index is 11.7. The van der Waals surface area contributed by atoms with Gasteiger partial charge >= 0.3 is 5.97 Å². The largest absolute Gasteiger partial charge is 0.468 e. The molecule has 0 saturated heterocycles. The van der Waals surface area contributed by atoms with Crippen molar-refractivity contribution < 1.29 is 9.53 Å². The predicted octanol–water partition coefficient (Wildman–Crippen LogP) is 3.47. The van der Waals surface area contributed by atoms with Gasteiger partial charge in [0.2, 0.25) is 0 Å². The van der Waals surface area contributed by atoms with Gasteiger partial charge in [-0.25, -0.2) is 4.98 Å². The summed E-state index contributed by atoms with van der Waals surface area (Å²) in [5.41, 5.74) is 2.17. The van der Waals surface area contributed by atoms with E-state index in [1.807, 2.05) is 36.4 Å². The number of ether oxygens (including phenoxy) is 1. The number of carbonyl (C=O) groups is 1. The van der Waals surface area contributed by atoms with Crippen LogP contribution in [0.3, 0.4) is 0 Å². The van der Waals surface area contributed by atoms with Crippen molar-refractivity contribution in [2.24, 2.45) is 0 Å². The van der Waals surface area contributed by atoms with Crippen LogP contribution in [0.2, 0.25) is 0 Å². The van der Waals surface area contributed by atoms with Crippen molar-refractivity contribution in [3.05, 3.63) is 65.2 Å². The Balaban J connectivity index is 1.78. The molecule has 0 aliphatic rings. The number of aromatic nitrogens is 1. The molecule has 23 heavy (non-hydrogen) atoms. The molecule has 0 amide bonds. The fourth-order valence-corrected chi connectivity index (χ4v) is 3.45. The zero-order chi connectivity index (χ0) is 16.1. The van der Waals surface area contributed by atoms with Crippen LogP contribution in [0.15, 0.2) is 54.6 Å². The highest BCUT2D eigenvalue weighted by Gasteiger charge is 2.14. The smallest absolute Gasteiger partial charge is 0.319 e. The second-order valence-electron chi connectivity index (χ2n) is 5.28. The van der Waals surface area contributed by atoms with Crippen LogP contribution >= 0.6 is 11.3 Å². The first kappa shape index (κ1) is 15.6. The molecule has 0 aliphatic heterocycles. The second kappa shape index (κ2) is 7.35. The first-order valence-corrected chi connectivity index (χ1v) is 8.24. The van der Waals surface area contributed by atoms with E-state index in [0.717, 1.165) is 16.1 Å². The fourth-order valence-electron chi connectivity index (χ4n) is 2.44. The average molecular weight is 326 g/mol. The Hall–Kier alpha value is -2.24. The van der Waals surface area contributed by atoms with Crippen molar-refractivity contribution in [3.63, 3.8) is 0 Å². The van der Waals surface area contributed by atoms with Crippen LogP contribution in [0.25, 0.3) is 10.2 Å². The molecule has 1 heterocycles. The van der Waals surface area contributed by atoms with E-state index in [0.29, 0.717) is 13.1 Å². The second-order valence-corrected chi connectivity index (χ2v) is 6.40. The van der Waals surface area contributed by atoms with Gasteiger partial charge in [0, 0.05) is 6.54 Å². The van der Waals surface area contributed by atoms with Crippen molar-refractivity contribution in [3.8, 4) is 0 Å². The van der Waals surface area contributed by atoms with Gasteiger partial charge < -0.3 is 4.74 Å². The van der Waals surface area contributed by atoms with Gasteiger partial charge in [-0.3, -0.25) is 9.69 Å². The predicted molar refractivity (Wildman–Crippen MR) is 92.2 cm³/mol. The first-order chi connectivity index (χ1) is 11.2. The van der Waals surface area contributed by atoms with Gasteiger partial charge in [0.05, 0.1) is 30.4 Å². The number of methoxy groups -OCH3 is 1. The van der Waals surface area contributed by atoms with Gasteiger partial charge in [0.1, 0.15) is 5.01 Å². The number of thiazole rings is 1. The van der Waals surface area contributed by atoms with E-state index < -0.39 is 0 Å². The SMILES string of the molecule is COC(=O)CN(Cc1ccccc1)Cc1nc2ccccc2s1. The molecule has 0 N–H and O–H groups in total. The zero-order valence-electron chi connectivity index (χ0n) is 12.9. The molecular formula is C18H18N2O2S. The maximum absolute atomic E-state index is 11.7. The molecule has 5 heteroatoms. The molecule has 0 spiro atoms. The van der Waals surface area contributed by atoms with Gasteiger partial charge in [0.15, 0.2) is 0 Å². The van der Waals surface area contributed by atoms with E-state index >= 15 is 0 Å². The molecule has 0 fully saturated rings. The number of rotatable bonds is 6. The van der Waals surface area contributed by atoms with E-state index in [-0.39, 0.29) is 12.5 Å². The molecule has 4 nitrogen and oxygen atoms in total. The Morgan fingerprint density at radius 1 is 1.09 bits per heavy atom. The van der Waals surface area contributed by atoms with Gasteiger partial charge in [0.25, 0.3) is 0 Å². The van der Waals surface area contributed by atoms with Crippen LogP contribution < -0.4 is 0 Å². The molecular weight excluding hydrogens is 308 g/mol. The normalized spacial score (nSPS) is 11.0. The van der Waals surface area contributed by atoms with Gasteiger partial charge in [-0.05, 0) is 17.7 Å². The number of benzene rings is 2. The third-order valence-corrected chi connectivity index (χ3v) is 4.55. The fraction of sp³-hybridized carbons (Fsp3) is 0.222. The summed E-state index contributed by atoms with van der Waals surface area (Å²) < 4.78 is 5.98. The molecule has 0 bridgehead atoms. The van der Waals surface area contributed by atoms with E-state index in [4.69, 9.17) is 4.74 Å². The number of hydrogen-bond acceptors (Lipinski definition) is 5. The Kier molecular flexibility index (Phi) is 5.00. The third kappa shape index (κ3) is 4.15. The van der Waals surface area contributed by atoms with E-state index in [9.17, 15) is 4.79 Å². The van der Waals surface area contributed by atoms with Crippen molar-refractivity contribution in [2.45, 2.75) is 13.1 Å². The summed E-state index contributed by atoms with van der Waals surface area (Å²) in [4.78, 5) is 18.4. The number of esters is 1. The zero-order valence-corrected chi connectivity index (χ0v) is 13.8. The van der Waals surface area contributed by atoms with Crippen LogP contribution in [0.4, 0.5) is 0 Å². The van der Waals surface area contributed by atoms with Crippen LogP contribution in [0, 0.1) is 0 Å². The number of hydrogen-bond donors (Lipinski definition) is 0. The Labute approximate surface area is 139 Å². The highest BCUT2D eigenvalue weighted by atomic mass is 32.1. The molecule has 118 valence electrons. The molecule has 1 aromatic heterocycles. The Morgan fingerprint density at radius 3 is 2.57 bits per heavy atom. The maximum Gasteiger partial charge on any atom is 0.319 e. The summed E-state index contributed by atoms with van der Waals surface area (Å²) in [7, 11) is 1.42. The molecule has 3 aromatic rings. The Bertz CT molecular complexity index is 753. The third-order valence-electron chi connectivity index (χ3n) is 3.53. The molecule has 0 saturated carbocycles. The lowest BCUT2D eigenvalue weighted by atomic mass is 10.2. The lowest BCUT2D eigenvalue weighted by molar-refractivity contribution is -0.142. The molecule has 0 radical (unpaired) electrons. The van der Waals surface area contributed by atoms with Crippen molar-refractivity contribution in [1.29, 1.82) is 0 Å². The number of carbonyl (C=O) groups excluding carboxylic acids is 1. The van der Waals surface area contributed by atoms with E-state index in [1.54, 1.807) is 11.3 Å². The topological polar surface area (TPSA) is 42.4 Å². The van der Waals surface area contributed by atoms with Crippen molar-refractivity contribution in [1.82, 2.24) is 9.88 Å². The molecule has 0 atom stereocenters. The summed E-state index contributed by atoms with van der Waals surface area (Å²) >= 11 is 1.67. The highest BCUT2D eigenvalue weighted by molar-refractivity contribution is 7.18. The number of nitrogens with zero attached hydrogens (tertiary/aromatic N) is 2. The minimum absolute atomic E-state index is 0.234. The van der Waals surface area contributed by atoms with E-state index in [1.165, 1.54) is 11.8 Å². The quantitative estimate of drug-likeness (QED) is 0.651. The van der Waals surface area contributed by atoms with E-state index in [2.05, 4.69) is 28.1 Å². The standard InChI is InChI=1S/C18H18N2O2S/c1-22-18(21)13-20(11-14-7-3-2-4-8-14)12-17-19-15-9-5-6-10-16(15)23-17/h2-10H,11-13H2,1H3. The average Bonchev–Trinajstić information content (AvgIpc) is 2.97. The summed E-state index contributed by atoms with van der Waals surface area (Å²) in [6.07, 6.45) is 0. The lowest BCUT2D eigenvalue weighted by Gasteiger charge is -2.19. The molecule has 0 aliphatic carbocycles. The summed E-state index contributed by atoms with van der Waals surface area (Å²) in [6, 6.07) is 18.2. The van der Waals surface area contributed by atoms with Crippen LogP contribution in [0.5, 0.6) is 0 Å². The summed E-state index contributed by atoms with van der Waals surface area (Å²) in [6.45, 7) is 1.57. The number of para-hydroxylation sites is 1. The summed E-state index contributed by atoms with van der Waals surface area (Å²) in [5, 5.41) is 1.01. The van der Waals surface area contributed by atoms with Crippen molar-refractivity contribution in [2.75, 3.05) is 13.7 Å². The number of fused-ring (bicyclic) bond motifs is 1. The van der Waals surface area contributed by atoms with Gasteiger partial charge in [-0.15, -0.1) is 11.3 Å². The van der Waals surface area contributed by atoms with Crippen molar-refractivity contribution >= 4 is 27.5 Å². The van der Waals surface area contributed by atoms with Crippen LogP contribution in [-0.4, -0.2) is 29.5 Å². The molecule has 0 unspecified atom stereocenters.